The largest absolute Gasteiger partial charge is 0.356 e. The second-order valence-electron chi connectivity index (χ2n) is 11.7. The smallest absolute Gasteiger partial charge is 0.162 e. The van der Waals surface area contributed by atoms with E-state index in [1.54, 1.807) is 0 Å². The zero-order valence-corrected chi connectivity index (χ0v) is 25.1. The van der Waals surface area contributed by atoms with Crippen LogP contribution >= 0.6 is 0 Å². The Bertz CT molecular complexity index is 1720. The molecule has 1 aromatic heterocycles. The first-order chi connectivity index (χ1) is 20.4. The monoisotopic (exact) mass is 554 g/mol. The minimum atomic E-state index is -0.231. The molecule has 7 rings (SSSR count). The lowest BCUT2D eigenvalue weighted by atomic mass is 9.67. The fourth-order valence-electron chi connectivity index (χ4n) is 7.42. The predicted molar refractivity (Wildman–Crippen MR) is 174 cm³/mol. The van der Waals surface area contributed by atoms with Crippen molar-refractivity contribution in [3.8, 4) is 11.4 Å². The van der Waals surface area contributed by atoms with Crippen LogP contribution in [0.2, 0.25) is 0 Å². The summed E-state index contributed by atoms with van der Waals surface area (Å²) in [4.78, 5) is 19.8. The molecule has 0 bridgehead atoms. The fraction of sp³-hybridized carbons (Fsp3) is 0.278. The van der Waals surface area contributed by atoms with Gasteiger partial charge in [-0.3, -0.25) is 4.90 Å². The second-order valence-corrected chi connectivity index (χ2v) is 11.7. The summed E-state index contributed by atoms with van der Waals surface area (Å²) in [5, 5.41) is 0. The van der Waals surface area contributed by atoms with Crippen LogP contribution in [0.4, 0.5) is 22.9 Å². The van der Waals surface area contributed by atoms with E-state index in [-0.39, 0.29) is 17.7 Å². The Kier molecular flexibility index (Phi) is 6.12. The SMILES string of the molecule is C=C1c2ccccc2N2c3nc(-c4ccccc4C)ncc3N(C)C2C2N(C)C=CN2c2ccccc2C1(CC)CC. The summed E-state index contributed by atoms with van der Waals surface area (Å²) >= 11 is 0. The third-order valence-electron chi connectivity index (χ3n) is 9.81. The first-order valence-corrected chi connectivity index (χ1v) is 14.9. The highest BCUT2D eigenvalue weighted by molar-refractivity contribution is 5.91. The van der Waals surface area contributed by atoms with E-state index in [1.165, 1.54) is 16.8 Å². The molecule has 4 heterocycles. The standard InChI is InChI=1S/C36H38N6/c1-7-36(8-2)25(4)27-17-11-13-19-29(27)42-33-31(23-37-32(38-33)26-16-10-9-15-24(26)3)40(6)35(42)34-39(5)21-22-41(34)30-20-14-12-18-28(30)36/h9-23,34-35H,4,7-8H2,1-3,5-6H3. The lowest BCUT2D eigenvalue weighted by Gasteiger charge is -2.46. The zero-order valence-electron chi connectivity index (χ0n) is 25.1. The number of fused-ring (bicyclic) bond motifs is 9. The van der Waals surface area contributed by atoms with Crippen molar-refractivity contribution >= 4 is 28.5 Å². The molecule has 4 aromatic rings. The average Bonchev–Trinajstić information content (AvgIpc) is 3.53. The number of aryl methyl sites for hydroxylation is 1. The summed E-state index contributed by atoms with van der Waals surface area (Å²) in [5.41, 5.74) is 8.99. The van der Waals surface area contributed by atoms with Gasteiger partial charge in [0, 0.05) is 48.7 Å². The van der Waals surface area contributed by atoms with E-state index in [2.05, 4.69) is 140 Å². The Morgan fingerprint density at radius 1 is 0.786 bits per heavy atom. The number of allylic oxidation sites excluding steroid dienone is 1. The summed E-state index contributed by atoms with van der Waals surface area (Å²) in [6.45, 7) is 11.6. The number of hydrogen-bond acceptors (Lipinski definition) is 6. The van der Waals surface area contributed by atoms with Crippen LogP contribution in [-0.2, 0) is 5.41 Å². The lowest BCUT2D eigenvalue weighted by molar-refractivity contribution is 0.307. The van der Waals surface area contributed by atoms with Crippen molar-refractivity contribution in [1.82, 2.24) is 14.9 Å². The highest BCUT2D eigenvalue weighted by atomic mass is 15.5. The highest BCUT2D eigenvalue weighted by Crippen LogP contribution is 2.54. The fourth-order valence-corrected chi connectivity index (χ4v) is 7.42. The van der Waals surface area contributed by atoms with E-state index in [0.29, 0.717) is 0 Å². The van der Waals surface area contributed by atoms with Gasteiger partial charge in [-0.1, -0.05) is 81.1 Å². The molecule has 3 aliphatic heterocycles. The molecule has 3 aliphatic rings. The van der Waals surface area contributed by atoms with Gasteiger partial charge >= 0.3 is 0 Å². The molecule has 212 valence electrons. The van der Waals surface area contributed by atoms with Gasteiger partial charge in [0.2, 0.25) is 0 Å². The molecule has 0 aliphatic carbocycles. The molecular formula is C36H38N6. The van der Waals surface area contributed by atoms with Crippen LogP contribution in [0, 0.1) is 6.92 Å². The Morgan fingerprint density at radius 2 is 1.45 bits per heavy atom. The molecule has 0 saturated carbocycles. The first kappa shape index (κ1) is 26.3. The molecule has 6 heteroatoms. The molecule has 2 unspecified atom stereocenters. The van der Waals surface area contributed by atoms with E-state index in [1.807, 2.05) is 6.20 Å². The van der Waals surface area contributed by atoms with Crippen LogP contribution in [0.5, 0.6) is 0 Å². The van der Waals surface area contributed by atoms with E-state index in [4.69, 9.17) is 16.5 Å². The van der Waals surface area contributed by atoms with Gasteiger partial charge in [-0.05, 0) is 48.6 Å². The molecule has 0 saturated heterocycles. The number of nitrogens with zero attached hydrogens (tertiary/aromatic N) is 6. The number of aromatic nitrogens is 2. The van der Waals surface area contributed by atoms with Gasteiger partial charge in [-0.25, -0.2) is 9.97 Å². The second kappa shape index (κ2) is 9.76. The topological polar surface area (TPSA) is 38.7 Å². The zero-order chi connectivity index (χ0) is 29.2. The molecule has 0 spiro atoms. The van der Waals surface area contributed by atoms with Gasteiger partial charge < -0.3 is 14.7 Å². The summed E-state index contributed by atoms with van der Waals surface area (Å²) in [6.07, 6.45) is 8.22. The number of rotatable bonds is 3. The molecular weight excluding hydrogens is 516 g/mol. The van der Waals surface area contributed by atoms with Crippen LogP contribution in [0.15, 0.2) is 98.0 Å². The molecule has 0 amide bonds. The Morgan fingerprint density at radius 3 is 2.19 bits per heavy atom. The number of benzene rings is 3. The molecule has 3 aromatic carbocycles. The van der Waals surface area contributed by atoms with Crippen LogP contribution in [-0.4, -0.2) is 41.3 Å². The van der Waals surface area contributed by atoms with Crippen molar-refractivity contribution in [2.24, 2.45) is 0 Å². The maximum absolute atomic E-state index is 5.32. The van der Waals surface area contributed by atoms with E-state index >= 15 is 0 Å². The van der Waals surface area contributed by atoms with Crippen LogP contribution in [0.3, 0.4) is 0 Å². The van der Waals surface area contributed by atoms with Crippen molar-refractivity contribution in [3.05, 3.63) is 115 Å². The Hall–Kier alpha value is -4.58. The number of hydrogen-bond donors (Lipinski definition) is 0. The Labute approximate surface area is 249 Å². The highest BCUT2D eigenvalue weighted by Gasteiger charge is 2.49. The molecule has 2 atom stereocenters. The van der Waals surface area contributed by atoms with Crippen molar-refractivity contribution in [1.29, 1.82) is 0 Å². The summed E-state index contributed by atoms with van der Waals surface area (Å²) in [5.74, 6) is 1.66. The van der Waals surface area contributed by atoms with E-state index in [0.717, 1.165) is 52.6 Å². The number of para-hydroxylation sites is 2. The van der Waals surface area contributed by atoms with Gasteiger partial charge in [-0.15, -0.1) is 0 Å². The maximum atomic E-state index is 5.32. The third-order valence-corrected chi connectivity index (χ3v) is 9.81. The molecule has 0 radical (unpaired) electrons. The molecule has 6 nitrogen and oxygen atoms in total. The molecule has 0 N–H and O–H groups in total. The van der Waals surface area contributed by atoms with Crippen molar-refractivity contribution in [2.75, 3.05) is 28.8 Å². The predicted octanol–water partition coefficient (Wildman–Crippen LogP) is 7.70. The van der Waals surface area contributed by atoms with Gasteiger partial charge in [0.25, 0.3) is 0 Å². The summed E-state index contributed by atoms with van der Waals surface area (Å²) < 4.78 is 0. The first-order valence-electron chi connectivity index (χ1n) is 14.9. The normalized spacial score (nSPS) is 20.2. The van der Waals surface area contributed by atoms with Crippen molar-refractivity contribution in [2.45, 2.75) is 51.4 Å². The summed E-state index contributed by atoms with van der Waals surface area (Å²) in [7, 11) is 4.34. The minimum absolute atomic E-state index is 0.0157. The quantitative estimate of drug-likeness (QED) is 0.258. The molecule has 0 fully saturated rings. The third kappa shape index (κ3) is 3.57. The minimum Gasteiger partial charge on any atom is -0.356 e. The molecule has 42 heavy (non-hydrogen) atoms. The lowest BCUT2D eigenvalue weighted by Crippen LogP contribution is -2.58. The number of likely N-dealkylation sites (N-methyl/N-ethyl adjacent to an activating group) is 2. The number of anilines is 4. The van der Waals surface area contributed by atoms with Gasteiger partial charge in [0.05, 0.1) is 11.9 Å². The van der Waals surface area contributed by atoms with Crippen molar-refractivity contribution < 1.29 is 0 Å². The van der Waals surface area contributed by atoms with Gasteiger partial charge in [-0.2, -0.15) is 0 Å². The maximum Gasteiger partial charge on any atom is 0.162 e. The van der Waals surface area contributed by atoms with Gasteiger partial charge in [0.15, 0.2) is 11.6 Å². The van der Waals surface area contributed by atoms with Gasteiger partial charge in [0.1, 0.15) is 18.0 Å². The average molecular weight is 555 g/mol. The van der Waals surface area contributed by atoms with Crippen LogP contribution in [0.1, 0.15) is 43.4 Å². The van der Waals surface area contributed by atoms with Crippen LogP contribution in [0.25, 0.3) is 17.0 Å². The van der Waals surface area contributed by atoms with Crippen LogP contribution < -0.4 is 14.7 Å². The Balaban J connectivity index is 1.54. The van der Waals surface area contributed by atoms with E-state index in [9.17, 15) is 0 Å². The van der Waals surface area contributed by atoms with Crippen molar-refractivity contribution in [3.63, 3.8) is 0 Å². The van der Waals surface area contributed by atoms with E-state index < -0.39 is 0 Å². The summed E-state index contributed by atoms with van der Waals surface area (Å²) in [6, 6.07) is 26.0.